The Kier molecular flexibility index (Phi) is 7.14. The van der Waals surface area contributed by atoms with Crippen LogP contribution in [0, 0.1) is 5.92 Å². The lowest BCUT2D eigenvalue weighted by atomic mass is 9.97. The van der Waals surface area contributed by atoms with Crippen molar-refractivity contribution in [2.24, 2.45) is 11.7 Å². The first-order valence-corrected chi connectivity index (χ1v) is 6.06. The Morgan fingerprint density at radius 1 is 1.20 bits per heavy atom. The number of hydrogen-bond donors (Lipinski definition) is 2. The Morgan fingerprint density at radius 3 is 2.00 bits per heavy atom. The van der Waals surface area contributed by atoms with Gasteiger partial charge in [-0.15, -0.1) is 0 Å². The van der Waals surface area contributed by atoms with Crippen LogP contribution in [0.25, 0.3) is 0 Å². The van der Waals surface area contributed by atoms with Crippen LogP contribution in [-0.2, 0) is 0 Å². The average Bonchev–Trinajstić information content (AvgIpc) is 2.11. The second kappa shape index (κ2) is 7.20. The fraction of sp³-hybridized carbons (Fsp3) is 1.00. The average molecular weight is 216 g/mol. The summed E-state index contributed by atoms with van der Waals surface area (Å²) < 4.78 is 0. The molecule has 0 spiro atoms. The zero-order valence-corrected chi connectivity index (χ0v) is 10.9. The van der Waals surface area contributed by atoms with Crippen LogP contribution < -0.4 is 5.73 Å². The van der Waals surface area contributed by atoms with Gasteiger partial charge in [0.05, 0.1) is 6.61 Å². The number of aliphatic hydroxyl groups excluding tert-OH is 1. The summed E-state index contributed by atoms with van der Waals surface area (Å²) in [5, 5.41) is 9.44. The standard InChI is InChI=1S/C12H28N2O/c1-6-14(10(4)5)12(8-15)11(13)7-9(2)3/h9-12,15H,6-8,13H2,1-5H3. The molecular formula is C12H28N2O. The molecule has 0 aromatic carbocycles. The summed E-state index contributed by atoms with van der Waals surface area (Å²) in [6.07, 6.45) is 0.967. The van der Waals surface area contributed by atoms with Crippen molar-refractivity contribution in [1.82, 2.24) is 4.90 Å². The van der Waals surface area contributed by atoms with Crippen molar-refractivity contribution in [2.75, 3.05) is 13.2 Å². The maximum atomic E-state index is 9.44. The Labute approximate surface area is 94.6 Å². The van der Waals surface area contributed by atoms with Gasteiger partial charge in [0, 0.05) is 18.1 Å². The normalized spacial score (nSPS) is 16.4. The van der Waals surface area contributed by atoms with Gasteiger partial charge in [0.15, 0.2) is 0 Å². The topological polar surface area (TPSA) is 49.5 Å². The van der Waals surface area contributed by atoms with Gasteiger partial charge in [-0.25, -0.2) is 0 Å². The van der Waals surface area contributed by atoms with Crippen LogP contribution in [0.1, 0.15) is 41.0 Å². The minimum Gasteiger partial charge on any atom is -0.395 e. The first-order chi connectivity index (χ1) is 6.93. The zero-order valence-electron chi connectivity index (χ0n) is 10.9. The van der Waals surface area contributed by atoms with E-state index in [4.69, 9.17) is 5.73 Å². The van der Waals surface area contributed by atoms with Gasteiger partial charge in [-0.2, -0.15) is 0 Å². The molecule has 0 heterocycles. The monoisotopic (exact) mass is 216 g/mol. The number of hydrogen-bond acceptors (Lipinski definition) is 3. The predicted molar refractivity (Wildman–Crippen MR) is 65.8 cm³/mol. The summed E-state index contributed by atoms with van der Waals surface area (Å²) in [5.74, 6) is 0.583. The van der Waals surface area contributed by atoms with E-state index in [0.717, 1.165) is 13.0 Å². The smallest absolute Gasteiger partial charge is 0.0602 e. The summed E-state index contributed by atoms with van der Waals surface area (Å²) in [6.45, 7) is 11.8. The molecule has 0 aliphatic rings. The van der Waals surface area contributed by atoms with Crippen molar-refractivity contribution in [3.8, 4) is 0 Å². The molecule has 15 heavy (non-hydrogen) atoms. The third kappa shape index (κ3) is 4.96. The number of likely N-dealkylation sites (N-methyl/N-ethyl adjacent to an activating group) is 1. The lowest BCUT2D eigenvalue weighted by Crippen LogP contribution is -2.53. The fourth-order valence-electron chi connectivity index (χ4n) is 2.17. The molecule has 3 N–H and O–H groups in total. The largest absolute Gasteiger partial charge is 0.395 e. The van der Waals surface area contributed by atoms with Gasteiger partial charge < -0.3 is 10.8 Å². The highest BCUT2D eigenvalue weighted by Crippen LogP contribution is 2.13. The van der Waals surface area contributed by atoms with E-state index in [-0.39, 0.29) is 18.7 Å². The Hall–Kier alpha value is -0.120. The molecule has 0 aliphatic heterocycles. The molecule has 2 unspecified atom stereocenters. The molecule has 3 nitrogen and oxygen atoms in total. The maximum Gasteiger partial charge on any atom is 0.0602 e. The molecule has 0 aliphatic carbocycles. The van der Waals surface area contributed by atoms with Crippen LogP contribution in [0.3, 0.4) is 0 Å². The molecule has 0 radical (unpaired) electrons. The number of rotatable bonds is 7. The van der Waals surface area contributed by atoms with Crippen molar-refractivity contribution in [3.63, 3.8) is 0 Å². The van der Waals surface area contributed by atoms with Gasteiger partial charge in [-0.1, -0.05) is 20.8 Å². The van der Waals surface area contributed by atoms with E-state index in [1.54, 1.807) is 0 Å². The molecule has 3 heteroatoms. The van der Waals surface area contributed by atoms with Gasteiger partial charge in [0.2, 0.25) is 0 Å². The van der Waals surface area contributed by atoms with E-state index in [0.29, 0.717) is 12.0 Å². The van der Waals surface area contributed by atoms with Crippen molar-refractivity contribution in [1.29, 1.82) is 0 Å². The van der Waals surface area contributed by atoms with Gasteiger partial charge in [-0.3, -0.25) is 4.90 Å². The molecule has 0 saturated carbocycles. The second-order valence-corrected chi connectivity index (χ2v) is 4.97. The van der Waals surface area contributed by atoms with Crippen LogP contribution in [0.15, 0.2) is 0 Å². The predicted octanol–water partition coefficient (Wildman–Crippen LogP) is 1.45. The van der Waals surface area contributed by atoms with E-state index in [1.807, 2.05) is 0 Å². The summed E-state index contributed by atoms with van der Waals surface area (Å²) in [5.41, 5.74) is 6.14. The summed E-state index contributed by atoms with van der Waals surface area (Å²) in [6, 6.07) is 0.597. The van der Waals surface area contributed by atoms with Crippen molar-refractivity contribution < 1.29 is 5.11 Å². The number of nitrogens with two attached hydrogens (primary N) is 1. The quantitative estimate of drug-likeness (QED) is 0.677. The first-order valence-electron chi connectivity index (χ1n) is 6.06. The lowest BCUT2D eigenvalue weighted by Gasteiger charge is -2.37. The summed E-state index contributed by atoms with van der Waals surface area (Å²) in [7, 11) is 0. The fourth-order valence-corrected chi connectivity index (χ4v) is 2.17. The van der Waals surface area contributed by atoms with E-state index >= 15 is 0 Å². The highest BCUT2D eigenvalue weighted by molar-refractivity contribution is 4.83. The van der Waals surface area contributed by atoms with Crippen LogP contribution >= 0.6 is 0 Å². The Balaban J connectivity index is 4.43. The molecule has 0 aromatic heterocycles. The molecule has 0 amide bonds. The number of nitrogens with zero attached hydrogens (tertiary/aromatic N) is 1. The minimum absolute atomic E-state index is 0.0670. The van der Waals surface area contributed by atoms with Gasteiger partial charge in [0.25, 0.3) is 0 Å². The third-order valence-corrected chi connectivity index (χ3v) is 2.88. The van der Waals surface area contributed by atoms with Crippen LogP contribution in [-0.4, -0.2) is 41.3 Å². The number of aliphatic hydroxyl groups is 1. The summed E-state index contributed by atoms with van der Waals surface area (Å²) >= 11 is 0. The Morgan fingerprint density at radius 2 is 1.73 bits per heavy atom. The second-order valence-electron chi connectivity index (χ2n) is 4.97. The van der Waals surface area contributed by atoms with Gasteiger partial charge in [-0.05, 0) is 32.7 Å². The van der Waals surface area contributed by atoms with Crippen LogP contribution in [0.4, 0.5) is 0 Å². The zero-order chi connectivity index (χ0) is 12.0. The van der Waals surface area contributed by atoms with E-state index in [2.05, 4.69) is 39.5 Å². The Bertz CT molecular complexity index is 160. The molecule has 0 fully saturated rings. The van der Waals surface area contributed by atoms with Crippen LogP contribution in [0.5, 0.6) is 0 Å². The maximum absolute atomic E-state index is 9.44. The molecule has 0 aromatic rings. The third-order valence-electron chi connectivity index (χ3n) is 2.88. The van der Waals surface area contributed by atoms with Crippen molar-refractivity contribution in [3.05, 3.63) is 0 Å². The molecule has 0 rings (SSSR count). The summed E-state index contributed by atoms with van der Waals surface area (Å²) in [4.78, 5) is 2.27. The van der Waals surface area contributed by atoms with Crippen molar-refractivity contribution >= 4 is 0 Å². The van der Waals surface area contributed by atoms with E-state index in [9.17, 15) is 5.11 Å². The van der Waals surface area contributed by atoms with E-state index in [1.165, 1.54) is 0 Å². The van der Waals surface area contributed by atoms with Gasteiger partial charge >= 0.3 is 0 Å². The van der Waals surface area contributed by atoms with Gasteiger partial charge in [0.1, 0.15) is 0 Å². The highest BCUT2D eigenvalue weighted by atomic mass is 16.3. The SMILES string of the molecule is CCN(C(C)C)C(CO)C(N)CC(C)C. The van der Waals surface area contributed by atoms with Crippen LogP contribution in [0.2, 0.25) is 0 Å². The molecule has 0 bridgehead atoms. The minimum atomic E-state index is 0.0670. The van der Waals surface area contributed by atoms with Crippen molar-refractivity contribution in [2.45, 2.75) is 59.2 Å². The first kappa shape index (κ1) is 14.9. The molecule has 2 atom stereocenters. The molecule has 0 saturated heterocycles. The van der Waals surface area contributed by atoms with E-state index < -0.39 is 0 Å². The highest BCUT2D eigenvalue weighted by Gasteiger charge is 2.25. The lowest BCUT2D eigenvalue weighted by molar-refractivity contribution is 0.0782. The molecular weight excluding hydrogens is 188 g/mol. The molecule has 92 valence electrons.